The number of pyridine rings is 2. The monoisotopic (exact) mass is 1340 g/mol. The minimum absolute atomic E-state index is 0.0269. The lowest BCUT2D eigenvalue weighted by molar-refractivity contribution is -0.148. The minimum atomic E-state index is -1.02. The average molecular weight is 1340 g/mol. The summed E-state index contributed by atoms with van der Waals surface area (Å²) >= 11 is 0. The van der Waals surface area contributed by atoms with Crippen LogP contribution < -0.4 is 32.6 Å². The van der Waals surface area contributed by atoms with Gasteiger partial charge in [-0.05, 0) is 109 Å². The molecule has 5 aromatic rings. The molecular weight excluding hydrogens is 1250 g/mol. The Morgan fingerprint density at radius 3 is 1.94 bits per heavy atom. The van der Waals surface area contributed by atoms with Crippen LogP contribution in [0.15, 0.2) is 76.6 Å². The molecule has 0 radical (unpaired) electrons. The van der Waals surface area contributed by atoms with Crippen molar-refractivity contribution in [3.63, 3.8) is 0 Å². The van der Waals surface area contributed by atoms with Gasteiger partial charge in [-0.15, -0.1) is 0 Å². The molecule has 1 aliphatic carbocycles. The number of cyclic esters (lactones) is 1. The molecule has 28 heteroatoms. The van der Waals surface area contributed by atoms with Crippen molar-refractivity contribution in [2.24, 2.45) is 10.8 Å². The lowest BCUT2D eigenvalue weighted by Gasteiger charge is -2.29. The first-order chi connectivity index (χ1) is 46.9. The second-order valence-corrected chi connectivity index (χ2v) is 23.0. The topological polar surface area (TPSA) is 345 Å². The van der Waals surface area contributed by atoms with E-state index in [1.54, 1.807) is 35.8 Å². The maximum absolute atomic E-state index is 15.5. The van der Waals surface area contributed by atoms with Crippen molar-refractivity contribution in [2.75, 3.05) is 137 Å². The van der Waals surface area contributed by atoms with Crippen molar-refractivity contribution >= 4 is 46.4 Å². The zero-order chi connectivity index (χ0) is 67.9. The first kappa shape index (κ1) is 73.8. The lowest BCUT2D eigenvalue weighted by Crippen LogP contribution is -2.53. The fourth-order valence-electron chi connectivity index (χ4n) is 11.5. The van der Waals surface area contributed by atoms with E-state index in [0.29, 0.717) is 189 Å². The number of anilines is 1. The second-order valence-electron chi connectivity index (χ2n) is 23.0. The van der Waals surface area contributed by atoms with E-state index < -0.39 is 59.6 Å². The minimum Gasteiger partial charge on any atom is -0.460 e. The Bertz CT molecular complexity index is 3470. The Hall–Kier alpha value is -7.99. The van der Waals surface area contributed by atoms with E-state index in [4.69, 9.17) is 68.4 Å². The van der Waals surface area contributed by atoms with E-state index in [1.165, 1.54) is 6.07 Å². The van der Waals surface area contributed by atoms with Gasteiger partial charge in [0.15, 0.2) is 0 Å². The standard InChI is InChI=1S/C68H89FN10O17/c1-3-49-51-40-59-63-52(42-79(59)66(83)53(51)44-95-67(49)84)62-55(17-16-50-45(2)54(69)41-57(75-63)61(50)62)77-68(85)96-43-47-12-14-48(15-13-47)73-64(81)56(11-7-8-19-70)76-65(82)58(39-46-9-5-4-6-10-46)74-60(80)18-21-86-23-25-88-27-29-90-31-33-92-35-37-94-38-36-93-34-32-91-30-28-89-26-24-87-22-20-72-78-71/h4-6,9-10,12-15,40-41,49,55-56,58H,3,7-8,11,16-39,42-44,70H2,1-2H3,(H,73,81)(H,74,80)(H,76,82)(H,77,85)/t49-,55+,56+,58+/m1/s1. The average Bonchev–Trinajstić information content (AvgIpc) is 1.48. The summed E-state index contributed by atoms with van der Waals surface area (Å²) < 4.78 is 77.7. The summed E-state index contributed by atoms with van der Waals surface area (Å²) in [6, 6.07) is 16.6. The van der Waals surface area contributed by atoms with Gasteiger partial charge < -0.3 is 83.7 Å². The van der Waals surface area contributed by atoms with Gasteiger partial charge >= 0.3 is 12.1 Å². The third-order valence-corrected chi connectivity index (χ3v) is 16.4. The molecule has 4 atom stereocenters. The van der Waals surface area contributed by atoms with Crippen LogP contribution in [0.3, 0.4) is 0 Å². The number of carbonyl (C=O) groups is 5. The van der Waals surface area contributed by atoms with Gasteiger partial charge in [0.25, 0.3) is 5.56 Å². The van der Waals surface area contributed by atoms with Crippen LogP contribution in [0, 0.1) is 12.7 Å². The summed E-state index contributed by atoms with van der Waals surface area (Å²) in [6.45, 7) is 11.0. The number of rotatable bonds is 45. The van der Waals surface area contributed by atoms with E-state index in [9.17, 15) is 28.8 Å². The van der Waals surface area contributed by atoms with Gasteiger partial charge in [0.1, 0.15) is 31.1 Å². The van der Waals surface area contributed by atoms with Crippen LogP contribution in [0.25, 0.3) is 32.7 Å². The van der Waals surface area contributed by atoms with Crippen LogP contribution in [-0.4, -0.2) is 183 Å². The number of halogens is 1. The van der Waals surface area contributed by atoms with Gasteiger partial charge in [-0.25, -0.2) is 14.2 Å². The van der Waals surface area contributed by atoms with Crippen LogP contribution in [0.1, 0.15) is 102 Å². The Labute approximate surface area is 556 Å². The smallest absolute Gasteiger partial charge is 0.407 e. The number of fused-ring (bicyclic) bond motifs is 5. The zero-order valence-corrected chi connectivity index (χ0v) is 54.7. The number of esters is 1. The third-order valence-electron chi connectivity index (χ3n) is 16.4. The van der Waals surface area contributed by atoms with Crippen molar-refractivity contribution in [3.8, 4) is 11.4 Å². The molecule has 0 fully saturated rings. The molecule has 27 nitrogen and oxygen atoms in total. The number of amides is 4. The molecule has 3 aliphatic rings. The number of hydrogen-bond acceptors (Lipinski definition) is 20. The van der Waals surface area contributed by atoms with Crippen LogP contribution >= 0.6 is 0 Å². The SMILES string of the molecule is CC[C@H]1C(=O)OCc2c1cc1n(c2=O)Cc2c-1nc1cc(F)c(C)c3c1c2[C@@H](NC(=O)OCc1ccc(NC(=O)[C@H](CCCCN)NC(=O)[C@H](Cc2ccccc2)NC(=O)CCOCCOCCOCCOCCOCCOCCOCCOCCOCCN=[N+]=[N-])cc1)CC3. The molecule has 0 bridgehead atoms. The van der Waals surface area contributed by atoms with Crippen molar-refractivity contribution in [1.29, 1.82) is 0 Å². The van der Waals surface area contributed by atoms with Crippen LogP contribution in [-0.2, 0) is 104 Å². The van der Waals surface area contributed by atoms with E-state index >= 15 is 4.39 Å². The Morgan fingerprint density at radius 1 is 0.740 bits per heavy atom. The van der Waals surface area contributed by atoms with Crippen molar-refractivity contribution in [2.45, 2.75) is 109 Å². The van der Waals surface area contributed by atoms with Gasteiger partial charge in [0.2, 0.25) is 17.7 Å². The van der Waals surface area contributed by atoms with Crippen LogP contribution in [0.4, 0.5) is 14.9 Å². The molecule has 0 unspecified atom stereocenters. The highest BCUT2D eigenvalue weighted by Crippen LogP contribution is 2.45. The first-order valence-electron chi connectivity index (χ1n) is 32.8. The number of aromatic nitrogens is 2. The molecule has 2 aliphatic heterocycles. The number of nitrogens with one attached hydrogen (secondary N) is 4. The number of nitrogens with zero attached hydrogens (tertiary/aromatic N) is 5. The number of azide groups is 1. The summed E-state index contributed by atoms with van der Waals surface area (Å²) in [5, 5.41) is 15.8. The van der Waals surface area contributed by atoms with E-state index in [2.05, 4.69) is 31.3 Å². The zero-order valence-electron chi connectivity index (χ0n) is 54.7. The molecule has 0 spiro atoms. The molecule has 0 saturated carbocycles. The molecule has 4 amide bonds. The second kappa shape index (κ2) is 39.9. The van der Waals surface area contributed by atoms with Gasteiger partial charge in [-0.1, -0.05) is 54.5 Å². The molecule has 0 saturated heterocycles. The van der Waals surface area contributed by atoms with E-state index in [0.717, 1.165) is 27.6 Å². The quantitative estimate of drug-likeness (QED) is 0.00899. The number of unbranched alkanes of at least 4 members (excludes halogenated alkanes) is 1. The maximum Gasteiger partial charge on any atom is 0.407 e. The van der Waals surface area contributed by atoms with Crippen molar-refractivity contribution in [3.05, 3.63) is 138 Å². The number of ether oxygens (including phenoxy) is 11. The van der Waals surface area contributed by atoms with Crippen molar-refractivity contribution in [1.82, 2.24) is 25.5 Å². The number of alkyl carbamates (subject to hydrolysis) is 1. The molecule has 3 aromatic carbocycles. The highest BCUT2D eigenvalue weighted by Gasteiger charge is 2.38. The number of carbonyl (C=O) groups excluding carboxylic acids is 5. The molecule has 2 aromatic heterocycles. The number of nitrogens with two attached hydrogens (primary N) is 1. The number of hydrogen-bond donors (Lipinski definition) is 5. The van der Waals surface area contributed by atoms with Gasteiger partial charge in [0, 0.05) is 47.0 Å². The third kappa shape index (κ3) is 22.0. The van der Waals surface area contributed by atoms with Gasteiger partial charge in [-0.2, -0.15) is 0 Å². The Balaban J connectivity index is 0.721. The van der Waals surface area contributed by atoms with E-state index in [-0.39, 0.29) is 64.4 Å². The Morgan fingerprint density at radius 2 is 1.34 bits per heavy atom. The highest BCUT2D eigenvalue weighted by atomic mass is 19.1. The normalized spacial score (nSPS) is 15.0. The van der Waals surface area contributed by atoms with Crippen molar-refractivity contribution < 1.29 is 80.5 Å². The highest BCUT2D eigenvalue weighted by molar-refractivity contribution is 5.99. The predicted octanol–water partition coefficient (Wildman–Crippen LogP) is 6.47. The fourth-order valence-corrected chi connectivity index (χ4v) is 11.5. The molecule has 8 rings (SSSR count). The first-order valence-corrected chi connectivity index (χ1v) is 32.8. The van der Waals surface area contributed by atoms with Gasteiger partial charge in [0.05, 0.1) is 160 Å². The number of benzene rings is 3. The molecule has 4 heterocycles. The van der Waals surface area contributed by atoms with Crippen LogP contribution in [0.2, 0.25) is 0 Å². The summed E-state index contributed by atoms with van der Waals surface area (Å²) in [6.07, 6.45) is 2.18. The maximum atomic E-state index is 15.5. The number of aryl methyl sites for hydroxylation is 1. The summed E-state index contributed by atoms with van der Waals surface area (Å²) in [5.41, 5.74) is 20.8. The summed E-state index contributed by atoms with van der Waals surface area (Å²) in [7, 11) is 0. The van der Waals surface area contributed by atoms with E-state index in [1.807, 2.05) is 43.3 Å². The molecule has 6 N–H and O–H groups in total. The van der Waals surface area contributed by atoms with Crippen LogP contribution in [0.5, 0.6) is 0 Å². The molecular formula is C68H89FN10O17. The molecule has 96 heavy (non-hydrogen) atoms. The summed E-state index contributed by atoms with van der Waals surface area (Å²) in [5.74, 6) is -2.84. The predicted molar refractivity (Wildman–Crippen MR) is 350 cm³/mol. The Kier molecular flexibility index (Phi) is 30.7. The lowest BCUT2D eigenvalue weighted by atomic mass is 9.81. The molecule has 520 valence electrons. The largest absolute Gasteiger partial charge is 0.460 e. The van der Waals surface area contributed by atoms with Gasteiger partial charge in [-0.3, -0.25) is 24.0 Å². The fraction of sp³-hybridized carbons (Fsp3) is 0.544. The summed E-state index contributed by atoms with van der Waals surface area (Å²) in [4.78, 5) is 89.5.